The molecule has 0 saturated carbocycles. The number of nitrogens with one attached hydrogen (secondary N) is 2. The molecule has 6 heteroatoms. The average Bonchev–Trinajstić information content (AvgIpc) is 2.61. The third kappa shape index (κ3) is 5.48. The van der Waals surface area contributed by atoms with Gasteiger partial charge in [0.1, 0.15) is 0 Å². The summed E-state index contributed by atoms with van der Waals surface area (Å²) in [4.78, 5) is 25.2. The number of methoxy groups -OCH3 is 1. The van der Waals surface area contributed by atoms with E-state index < -0.39 is 0 Å². The van der Waals surface area contributed by atoms with Crippen molar-refractivity contribution in [2.24, 2.45) is 0 Å². The van der Waals surface area contributed by atoms with E-state index in [9.17, 15) is 9.59 Å². The van der Waals surface area contributed by atoms with Crippen LogP contribution in [0.5, 0.6) is 11.5 Å². The number of hydrogen-bond acceptors (Lipinski definition) is 4. The molecule has 2 N–H and O–H groups in total. The topological polar surface area (TPSA) is 76.7 Å². The fraction of sp³-hybridized carbons (Fsp3) is 0.333. The maximum absolute atomic E-state index is 12.7. The van der Waals surface area contributed by atoms with Gasteiger partial charge < -0.3 is 20.1 Å². The monoisotopic (exact) mass is 370 g/mol. The van der Waals surface area contributed by atoms with Gasteiger partial charge in [-0.1, -0.05) is 12.1 Å². The molecular weight excluding hydrogens is 344 g/mol. The van der Waals surface area contributed by atoms with Gasteiger partial charge in [-0.3, -0.25) is 9.59 Å². The van der Waals surface area contributed by atoms with Gasteiger partial charge in [0.05, 0.1) is 25.0 Å². The predicted octanol–water partition coefficient (Wildman–Crippen LogP) is 3.87. The summed E-state index contributed by atoms with van der Waals surface area (Å²) < 4.78 is 10.8. The van der Waals surface area contributed by atoms with E-state index in [1.54, 1.807) is 49.6 Å². The van der Waals surface area contributed by atoms with Crippen molar-refractivity contribution in [1.29, 1.82) is 0 Å². The van der Waals surface area contributed by atoms with Gasteiger partial charge in [-0.2, -0.15) is 0 Å². The molecule has 0 bridgehead atoms. The average molecular weight is 370 g/mol. The van der Waals surface area contributed by atoms with Gasteiger partial charge in [0.2, 0.25) is 0 Å². The second-order valence-electron chi connectivity index (χ2n) is 7.00. The van der Waals surface area contributed by atoms with Crippen LogP contribution in [0, 0.1) is 0 Å². The summed E-state index contributed by atoms with van der Waals surface area (Å²) in [6.07, 6.45) is 0. The minimum absolute atomic E-state index is 0.247. The number of hydrogen-bond donors (Lipinski definition) is 2. The summed E-state index contributed by atoms with van der Waals surface area (Å²) in [5.74, 6) is 0.461. The standard InChI is InChI=1S/C21H26N2O4/c1-6-27-18-13-14(11-12-17(18)26-5)19(24)22-16-10-8-7-9-15(16)20(25)23-21(2,3)4/h7-13H,6H2,1-5H3,(H,22,24)(H,23,25). The van der Waals surface area contributed by atoms with E-state index in [0.29, 0.717) is 34.9 Å². The summed E-state index contributed by atoms with van der Waals surface area (Å²) in [6, 6.07) is 11.8. The molecule has 0 heterocycles. The molecule has 0 atom stereocenters. The Morgan fingerprint density at radius 2 is 1.70 bits per heavy atom. The van der Waals surface area contributed by atoms with E-state index in [1.807, 2.05) is 27.7 Å². The lowest BCUT2D eigenvalue weighted by Gasteiger charge is -2.21. The van der Waals surface area contributed by atoms with Crippen LogP contribution in [0.2, 0.25) is 0 Å². The summed E-state index contributed by atoms with van der Waals surface area (Å²) in [5, 5.41) is 5.71. The smallest absolute Gasteiger partial charge is 0.255 e. The van der Waals surface area contributed by atoms with Crippen molar-refractivity contribution >= 4 is 17.5 Å². The van der Waals surface area contributed by atoms with Gasteiger partial charge >= 0.3 is 0 Å². The van der Waals surface area contributed by atoms with E-state index in [-0.39, 0.29) is 17.4 Å². The molecule has 0 unspecified atom stereocenters. The highest BCUT2D eigenvalue weighted by Crippen LogP contribution is 2.28. The SMILES string of the molecule is CCOc1cc(C(=O)Nc2ccccc2C(=O)NC(C)(C)C)ccc1OC. The van der Waals surface area contributed by atoms with Crippen LogP contribution < -0.4 is 20.1 Å². The van der Waals surface area contributed by atoms with Gasteiger partial charge in [0.15, 0.2) is 11.5 Å². The first-order valence-corrected chi connectivity index (χ1v) is 8.79. The van der Waals surface area contributed by atoms with Crippen LogP contribution in [-0.2, 0) is 0 Å². The zero-order valence-corrected chi connectivity index (χ0v) is 16.4. The number of rotatable bonds is 6. The fourth-order valence-corrected chi connectivity index (χ4v) is 2.48. The first-order valence-electron chi connectivity index (χ1n) is 8.79. The third-order valence-electron chi connectivity index (χ3n) is 3.63. The van der Waals surface area contributed by atoms with Crippen LogP contribution in [0.15, 0.2) is 42.5 Å². The molecule has 144 valence electrons. The molecule has 0 saturated heterocycles. The van der Waals surface area contributed by atoms with Crippen LogP contribution in [0.4, 0.5) is 5.69 Å². The maximum Gasteiger partial charge on any atom is 0.255 e. The van der Waals surface area contributed by atoms with Crippen molar-refractivity contribution < 1.29 is 19.1 Å². The van der Waals surface area contributed by atoms with Crippen LogP contribution in [0.1, 0.15) is 48.4 Å². The van der Waals surface area contributed by atoms with Crippen LogP contribution in [-0.4, -0.2) is 31.1 Å². The Morgan fingerprint density at radius 3 is 2.33 bits per heavy atom. The van der Waals surface area contributed by atoms with Gasteiger partial charge in [0.25, 0.3) is 11.8 Å². The van der Waals surface area contributed by atoms with Crippen molar-refractivity contribution in [3.8, 4) is 11.5 Å². The van der Waals surface area contributed by atoms with E-state index >= 15 is 0 Å². The minimum Gasteiger partial charge on any atom is -0.493 e. The second kappa shape index (κ2) is 8.58. The molecule has 0 aromatic heterocycles. The predicted molar refractivity (Wildman–Crippen MR) is 106 cm³/mol. The first-order chi connectivity index (χ1) is 12.7. The highest BCUT2D eigenvalue weighted by Gasteiger charge is 2.19. The van der Waals surface area contributed by atoms with Gasteiger partial charge in [0, 0.05) is 11.1 Å². The van der Waals surface area contributed by atoms with E-state index in [4.69, 9.17) is 9.47 Å². The fourth-order valence-electron chi connectivity index (χ4n) is 2.48. The van der Waals surface area contributed by atoms with E-state index in [0.717, 1.165) is 0 Å². The van der Waals surface area contributed by atoms with Gasteiger partial charge in [-0.15, -0.1) is 0 Å². The molecule has 0 fully saturated rings. The summed E-state index contributed by atoms with van der Waals surface area (Å²) in [7, 11) is 1.54. The number of carbonyl (C=O) groups is 2. The lowest BCUT2D eigenvalue weighted by atomic mass is 10.1. The Balaban J connectivity index is 2.26. The summed E-state index contributed by atoms with van der Waals surface area (Å²) in [5.41, 5.74) is 0.874. The highest BCUT2D eigenvalue weighted by molar-refractivity contribution is 6.09. The Labute approximate surface area is 159 Å². The molecule has 2 aromatic rings. The van der Waals surface area contributed by atoms with Crippen molar-refractivity contribution in [2.75, 3.05) is 19.0 Å². The summed E-state index contributed by atoms with van der Waals surface area (Å²) >= 11 is 0. The second-order valence-corrected chi connectivity index (χ2v) is 7.00. The normalized spacial score (nSPS) is 10.9. The number of para-hydroxylation sites is 1. The Kier molecular flexibility index (Phi) is 6.45. The molecular formula is C21H26N2O4. The van der Waals surface area contributed by atoms with Gasteiger partial charge in [-0.05, 0) is 58.0 Å². The molecule has 0 spiro atoms. The summed E-state index contributed by atoms with van der Waals surface area (Å²) in [6.45, 7) is 8.02. The number of benzene rings is 2. The Hall–Kier alpha value is -3.02. The van der Waals surface area contributed by atoms with E-state index in [1.165, 1.54) is 0 Å². The molecule has 0 radical (unpaired) electrons. The van der Waals surface area contributed by atoms with Crippen LogP contribution in [0.3, 0.4) is 0 Å². The number of ether oxygens (including phenoxy) is 2. The van der Waals surface area contributed by atoms with Crippen molar-refractivity contribution in [3.05, 3.63) is 53.6 Å². The van der Waals surface area contributed by atoms with Crippen molar-refractivity contribution in [3.63, 3.8) is 0 Å². The largest absolute Gasteiger partial charge is 0.493 e. The van der Waals surface area contributed by atoms with Gasteiger partial charge in [-0.25, -0.2) is 0 Å². The zero-order valence-electron chi connectivity index (χ0n) is 16.4. The Bertz CT molecular complexity index is 825. The Morgan fingerprint density at radius 1 is 1.00 bits per heavy atom. The lowest BCUT2D eigenvalue weighted by molar-refractivity contribution is 0.0920. The molecule has 6 nitrogen and oxygen atoms in total. The number of anilines is 1. The molecule has 0 aliphatic rings. The van der Waals surface area contributed by atoms with Crippen molar-refractivity contribution in [1.82, 2.24) is 5.32 Å². The van der Waals surface area contributed by atoms with Crippen LogP contribution in [0.25, 0.3) is 0 Å². The number of carbonyl (C=O) groups excluding carboxylic acids is 2. The molecule has 2 rings (SSSR count). The quantitative estimate of drug-likeness (QED) is 0.809. The molecule has 2 aromatic carbocycles. The lowest BCUT2D eigenvalue weighted by Crippen LogP contribution is -2.40. The highest BCUT2D eigenvalue weighted by atomic mass is 16.5. The van der Waals surface area contributed by atoms with Crippen molar-refractivity contribution in [2.45, 2.75) is 33.2 Å². The number of amides is 2. The molecule has 0 aliphatic carbocycles. The molecule has 0 aliphatic heterocycles. The zero-order chi connectivity index (χ0) is 20.0. The van der Waals surface area contributed by atoms with E-state index in [2.05, 4.69) is 10.6 Å². The molecule has 27 heavy (non-hydrogen) atoms. The first kappa shape index (κ1) is 20.3. The minimum atomic E-state index is -0.378. The third-order valence-corrected chi connectivity index (χ3v) is 3.63. The van der Waals surface area contributed by atoms with Crippen LogP contribution >= 0.6 is 0 Å². The maximum atomic E-state index is 12.7. The molecule has 2 amide bonds.